The maximum atomic E-state index is 13.5. The van der Waals surface area contributed by atoms with Crippen molar-refractivity contribution in [1.82, 2.24) is 9.55 Å². The highest BCUT2D eigenvalue weighted by Gasteiger charge is 2.20. The number of halogens is 2. The number of alkyl halides is 2. The molecule has 0 aliphatic heterocycles. The molecule has 1 heterocycles. The Balaban J connectivity index is 1.73. The lowest BCUT2D eigenvalue weighted by Crippen LogP contribution is -2.19. The lowest BCUT2D eigenvalue weighted by Gasteiger charge is -2.16. The minimum absolute atomic E-state index is 0.00685. The molecule has 1 N–H and O–H groups in total. The van der Waals surface area contributed by atoms with Crippen molar-refractivity contribution in [3.63, 3.8) is 0 Å². The number of oxime groups is 1. The maximum Gasteiger partial charge on any atom is 0.320 e. The highest BCUT2D eigenvalue weighted by molar-refractivity contribution is 5.98. The summed E-state index contributed by atoms with van der Waals surface area (Å²) < 4.78 is 27.9. The number of amides is 1. The predicted octanol–water partition coefficient (Wildman–Crippen LogP) is 5.24. The van der Waals surface area contributed by atoms with Crippen LogP contribution in [0.3, 0.4) is 0 Å². The van der Waals surface area contributed by atoms with E-state index in [9.17, 15) is 13.6 Å². The number of hydrogen-bond acceptors (Lipinski definition) is 4. The number of carbonyl (C=O) groups is 1. The van der Waals surface area contributed by atoms with E-state index in [2.05, 4.69) is 15.5 Å². The summed E-state index contributed by atoms with van der Waals surface area (Å²) in [5.41, 5.74) is 3.60. The van der Waals surface area contributed by atoms with Gasteiger partial charge in [0.15, 0.2) is 12.4 Å². The van der Waals surface area contributed by atoms with Crippen LogP contribution in [0.5, 0.6) is 0 Å². The topological polar surface area (TPSA) is 68.5 Å². The minimum Gasteiger partial charge on any atom is -0.385 e. The first-order valence-corrected chi connectivity index (χ1v) is 9.61. The van der Waals surface area contributed by atoms with Crippen LogP contribution in [0.15, 0.2) is 47.6 Å². The molecule has 0 radical (unpaired) electrons. The smallest absolute Gasteiger partial charge is 0.320 e. The van der Waals surface area contributed by atoms with E-state index in [0.717, 1.165) is 21.4 Å². The van der Waals surface area contributed by atoms with Crippen LogP contribution < -0.4 is 5.32 Å². The first-order chi connectivity index (χ1) is 14.3. The van der Waals surface area contributed by atoms with Gasteiger partial charge in [-0.3, -0.25) is 9.36 Å². The van der Waals surface area contributed by atoms with Gasteiger partial charge in [0.25, 0.3) is 5.91 Å². The fourth-order valence-corrected chi connectivity index (χ4v) is 3.24. The normalized spacial score (nSPS) is 12.1. The number of rotatable bonds is 7. The molecule has 2 aromatic carbocycles. The second-order valence-corrected chi connectivity index (χ2v) is 7.26. The number of aryl methyl sites for hydroxylation is 1. The molecule has 3 rings (SSSR count). The van der Waals surface area contributed by atoms with Crippen LogP contribution in [-0.2, 0) is 9.63 Å². The van der Waals surface area contributed by atoms with E-state index >= 15 is 0 Å². The summed E-state index contributed by atoms with van der Waals surface area (Å²) in [5.74, 6) is -0.151. The molecule has 1 amide bonds. The maximum absolute atomic E-state index is 13.5. The van der Waals surface area contributed by atoms with Crippen molar-refractivity contribution in [3.05, 3.63) is 59.4 Å². The lowest BCUT2D eigenvalue weighted by molar-refractivity contribution is -0.120. The molecule has 0 aliphatic rings. The van der Waals surface area contributed by atoms with Gasteiger partial charge in [0.2, 0.25) is 0 Å². The van der Waals surface area contributed by atoms with Gasteiger partial charge >= 0.3 is 6.55 Å². The van der Waals surface area contributed by atoms with Crippen LogP contribution in [0.1, 0.15) is 50.2 Å². The SMILES string of the molecule is C/C(=N\OCC(=O)Nc1c(C)cccc1C(C)C)c1nc2ccccc2n1C(F)F. The first-order valence-electron chi connectivity index (χ1n) is 9.61. The summed E-state index contributed by atoms with van der Waals surface area (Å²) >= 11 is 0. The summed E-state index contributed by atoms with van der Waals surface area (Å²) in [4.78, 5) is 21.7. The molecule has 0 bridgehead atoms. The van der Waals surface area contributed by atoms with Gasteiger partial charge < -0.3 is 10.2 Å². The van der Waals surface area contributed by atoms with Crippen molar-refractivity contribution in [2.75, 3.05) is 11.9 Å². The summed E-state index contributed by atoms with van der Waals surface area (Å²) in [6.45, 7) is 4.39. The van der Waals surface area contributed by atoms with Crippen LogP contribution in [0, 0.1) is 6.92 Å². The average Bonchev–Trinajstić information content (AvgIpc) is 3.09. The van der Waals surface area contributed by atoms with E-state index < -0.39 is 6.55 Å². The average molecular weight is 414 g/mol. The van der Waals surface area contributed by atoms with Crippen LogP contribution in [0.25, 0.3) is 11.0 Å². The molecule has 30 heavy (non-hydrogen) atoms. The molecule has 0 fully saturated rings. The summed E-state index contributed by atoms with van der Waals surface area (Å²) in [6.07, 6.45) is 0. The number of aromatic nitrogens is 2. The third-order valence-electron chi connectivity index (χ3n) is 4.70. The number of hydrogen-bond donors (Lipinski definition) is 1. The van der Waals surface area contributed by atoms with Crippen LogP contribution >= 0.6 is 0 Å². The third-order valence-corrected chi connectivity index (χ3v) is 4.70. The fraction of sp³-hybridized carbons (Fsp3) is 0.318. The Labute approximate surface area is 173 Å². The van der Waals surface area contributed by atoms with Crippen molar-refractivity contribution in [2.24, 2.45) is 5.16 Å². The van der Waals surface area contributed by atoms with Gasteiger partial charge in [-0.25, -0.2) is 4.98 Å². The number of nitrogens with zero attached hydrogens (tertiary/aromatic N) is 3. The van der Waals surface area contributed by atoms with E-state index in [4.69, 9.17) is 4.84 Å². The zero-order chi connectivity index (χ0) is 21.8. The quantitative estimate of drug-likeness (QED) is 0.424. The van der Waals surface area contributed by atoms with Crippen LogP contribution in [-0.4, -0.2) is 27.8 Å². The predicted molar refractivity (Wildman–Crippen MR) is 113 cm³/mol. The molecule has 1 aromatic heterocycles. The van der Waals surface area contributed by atoms with Crippen molar-refractivity contribution in [2.45, 2.75) is 40.2 Å². The molecule has 6 nitrogen and oxygen atoms in total. The van der Waals surface area contributed by atoms with E-state index in [0.29, 0.717) is 11.0 Å². The molecule has 3 aromatic rings. The van der Waals surface area contributed by atoms with Gasteiger partial charge in [-0.15, -0.1) is 0 Å². The van der Waals surface area contributed by atoms with E-state index in [1.165, 1.54) is 6.92 Å². The number of benzene rings is 2. The van der Waals surface area contributed by atoms with Gasteiger partial charge in [-0.2, -0.15) is 8.78 Å². The molecule has 0 saturated carbocycles. The van der Waals surface area contributed by atoms with E-state index in [1.807, 2.05) is 39.0 Å². The number of fused-ring (bicyclic) bond motifs is 1. The molecule has 158 valence electrons. The summed E-state index contributed by atoms with van der Waals surface area (Å²) in [5, 5.41) is 6.68. The largest absolute Gasteiger partial charge is 0.385 e. The number of imidazole rings is 1. The molecule has 0 spiro atoms. The fourth-order valence-electron chi connectivity index (χ4n) is 3.24. The highest BCUT2D eigenvalue weighted by Crippen LogP contribution is 2.27. The standard InChI is InChI=1S/C22H24F2N4O2/c1-13(2)16-9-7-8-14(3)20(16)26-19(29)12-30-27-15(4)21-25-17-10-5-6-11-18(17)28(21)22(23)24/h5-11,13,22H,12H2,1-4H3,(H,26,29)/b27-15+. The number of para-hydroxylation sites is 3. The first kappa shape index (κ1) is 21.4. The zero-order valence-electron chi connectivity index (χ0n) is 17.3. The molecule has 0 aliphatic carbocycles. The van der Waals surface area contributed by atoms with Crippen LogP contribution in [0.4, 0.5) is 14.5 Å². The Hall–Kier alpha value is -3.29. The number of carbonyl (C=O) groups excluding carboxylic acids is 1. The Kier molecular flexibility index (Phi) is 6.44. The minimum atomic E-state index is -2.78. The lowest BCUT2D eigenvalue weighted by atomic mass is 9.98. The summed E-state index contributed by atoms with van der Waals surface area (Å²) in [7, 11) is 0. The van der Waals surface area contributed by atoms with Crippen molar-refractivity contribution in [3.8, 4) is 0 Å². The van der Waals surface area contributed by atoms with Gasteiger partial charge in [-0.1, -0.05) is 49.3 Å². The molecule has 0 saturated heterocycles. The van der Waals surface area contributed by atoms with E-state index in [-0.39, 0.29) is 30.0 Å². The van der Waals surface area contributed by atoms with Gasteiger partial charge in [0, 0.05) is 5.69 Å². The molecular weight excluding hydrogens is 390 g/mol. The van der Waals surface area contributed by atoms with Gasteiger partial charge in [0.05, 0.1) is 11.0 Å². The highest BCUT2D eigenvalue weighted by atomic mass is 19.3. The molecular formula is C22H24F2N4O2. The monoisotopic (exact) mass is 414 g/mol. The molecule has 0 atom stereocenters. The Morgan fingerprint density at radius 1 is 1.20 bits per heavy atom. The van der Waals surface area contributed by atoms with Crippen LogP contribution in [0.2, 0.25) is 0 Å². The number of nitrogens with one attached hydrogen (secondary N) is 1. The van der Waals surface area contributed by atoms with Gasteiger partial charge in [-0.05, 0) is 43.0 Å². The Morgan fingerprint density at radius 3 is 2.63 bits per heavy atom. The van der Waals surface area contributed by atoms with E-state index in [1.54, 1.807) is 24.3 Å². The van der Waals surface area contributed by atoms with Gasteiger partial charge in [0.1, 0.15) is 5.71 Å². The molecule has 8 heteroatoms. The van der Waals surface area contributed by atoms with Crippen molar-refractivity contribution in [1.29, 1.82) is 0 Å². The molecule has 0 unspecified atom stereocenters. The zero-order valence-corrected chi connectivity index (χ0v) is 17.3. The summed E-state index contributed by atoms with van der Waals surface area (Å²) in [6, 6.07) is 12.4. The Bertz CT molecular complexity index is 1090. The second kappa shape index (κ2) is 9.02. The third kappa shape index (κ3) is 4.48. The Morgan fingerprint density at radius 2 is 1.93 bits per heavy atom. The number of anilines is 1. The van der Waals surface area contributed by atoms with Crippen molar-refractivity contribution >= 4 is 28.3 Å². The second-order valence-electron chi connectivity index (χ2n) is 7.26. The van der Waals surface area contributed by atoms with Crippen molar-refractivity contribution < 1.29 is 18.4 Å².